The highest BCUT2D eigenvalue weighted by Crippen LogP contribution is 2.22. The molecule has 0 spiro atoms. The summed E-state index contributed by atoms with van der Waals surface area (Å²) in [6.07, 6.45) is 2.48. The maximum Gasteiger partial charge on any atom is 0.259 e. The summed E-state index contributed by atoms with van der Waals surface area (Å²) in [7, 11) is 0. The second-order valence-electron chi connectivity index (χ2n) is 5.54. The summed E-state index contributed by atoms with van der Waals surface area (Å²) in [5.74, 6) is -0.117. The third-order valence-electron chi connectivity index (χ3n) is 3.59. The van der Waals surface area contributed by atoms with Crippen molar-refractivity contribution in [3.8, 4) is 0 Å². The van der Waals surface area contributed by atoms with Gasteiger partial charge in [-0.2, -0.15) is 0 Å². The van der Waals surface area contributed by atoms with Crippen molar-refractivity contribution in [2.24, 2.45) is 0 Å². The first-order chi connectivity index (χ1) is 12.0. The Morgan fingerprint density at radius 3 is 2.50 bits per heavy atom. The molecule has 1 aromatic heterocycles. The van der Waals surface area contributed by atoms with E-state index in [1.807, 2.05) is 0 Å². The predicted molar refractivity (Wildman–Crippen MR) is 106 cm³/mol. The van der Waals surface area contributed by atoms with Gasteiger partial charge in [-0.3, -0.25) is 9.59 Å². The van der Waals surface area contributed by atoms with E-state index in [1.54, 1.807) is 31.2 Å². The molecule has 142 valence electrons. The number of carbonyl (C=O) groups excluding carboxylic acids is 2. The molecule has 1 heterocycles. The fraction of sp³-hybridized carbons (Fsp3) is 0.333. The van der Waals surface area contributed by atoms with E-state index < -0.39 is 0 Å². The summed E-state index contributed by atoms with van der Waals surface area (Å²) < 4.78 is 5.14. The van der Waals surface area contributed by atoms with Crippen LogP contribution in [0, 0.1) is 6.92 Å². The second-order valence-corrected chi connectivity index (χ2v) is 5.98. The lowest BCUT2D eigenvalue weighted by molar-refractivity contribution is 0.0955. The molecule has 0 aliphatic carbocycles. The molecule has 0 fully saturated rings. The number of hydrogen-bond donors (Lipinski definition) is 3. The highest BCUT2D eigenvalue weighted by Gasteiger charge is 2.17. The van der Waals surface area contributed by atoms with Gasteiger partial charge in [0.05, 0.1) is 23.1 Å². The first-order valence-electron chi connectivity index (χ1n) is 8.16. The average Bonchev–Trinajstić information content (AvgIpc) is 3.01. The number of benzene rings is 1. The molecular weight excluding hydrogens is 377 g/mol. The quantitative estimate of drug-likeness (QED) is 0.591. The summed E-state index contributed by atoms with van der Waals surface area (Å²) in [5, 5.41) is 9.19. The Kier molecular flexibility index (Phi) is 9.19. The molecule has 0 unspecified atom stereocenters. The summed E-state index contributed by atoms with van der Waals surface area (Å²) in [6, 6.07) is 6.34. The van der Waals surface area contributed by atoms with E-state index in [1.165, 1.54) is 6.26 Å². The van der Waals surface area contributed by atoms with E-state index in [2.05, 4.69) is 22.9 Å². The molecule has 8 heteroatoms. The smallest absolute Gasteiger partial charge is 0.259 e. The van der Waals surface area contributed by atoms with Crippen LogP contribution in [0.3, 0.4) is 0 Å². The molecule has 2 amide bonds. The van der Waals surface area contributed by atoms with Gasteiger partial charge in [-0.05, 0) is 44.2 Å². The van der Waals surface area contributed by atoms with E-state index in [0.717, 1.165) is 13.0 Å². The van der Waals surface area contributed by atoms with Gasteiger partial charge in [0.2, 0.25) is 0 Å². The van der Waals surface area contributed by atoms with Gasteiger partial charge in [-0.1, -0.05) is 18.5 Å². The van der Waals surface area contributed by atoms with Gasteiger partial charge in [0.1, 0.15) is 5.76 Å². The lowest BCUT2D eigenvalue weighted by Gasteiger charge is -2.12. The van der Waals surface area contributed by atoms with Crippen LogP contribution < -0.4 is 16.0 Å². The standard InChI is InChI=1S/C18H22ClN3O3.ClH/c1-3-7-20-8-9-21-17(23)15-5-4-13(19)11-16(15)22-18(24)14-6-10-25-12(14)2;/h4-6,10-11,20H,3,7-9H2,1-2H3,(H,21,23)(H,22,24);1H. The number of hydrogen-bond acceptors (Lipinski definition) is 4. The Labute approximate surface area is 164 Å². The lowest BCUT2D eigenvalue weighted by Crippen LogP contribution is -2.32. The molecular formula is C18H23Cl2N3O3. The minimum absolute atomic E-state index is 0. The zero-order chi connectivity index (χ0) is 18.2. The largest absolute Gasteiger partial charge is 0.469 e. The molecule has 0 radical (unpaired) electrons. The SMILES string of the molecule is CCCNCCNC(=O)c1ccc(Cl)cc1NC(=O)c1ccoc1C.Cl. The first kappa shape index (κ1) is 22.0. The van der Waals surface area contributed by atoms with E-state index in [0.29, 0.717) is 40.7 Å². The Morgan fingerprint density at radius 1 is 1.08 bits per heavy atom. The molecule has 0 atom stereocenters. The number of nitrogens with one attached hydrogen (secondary N) is 3. The second kappa shape index (κ2) is 10.9. The van der Waals surface area contributed by atoms with Gasteiger partial charge in [0.15, 0.2) is 0 Å². The zero-order valence-corrected chi connectivity index (χ0v) is 16.3. The third kappa shape index (κ3) is 6.05. The molecule has 0 bridgehead atoms. The Morgan fingerprint density at radius 2 is 1.85 bits per heavy atom. The number of rotatable bonds is 8. The number of aryl methyl sites for hydroxylation is 1. The fourth-order valence-electron chi connectivity index (χ4n) is 2.29. The summed E-state index contributed by atoms with van der Waals surface area (Å²) in [4.78, 5) is 24.8. The van der Waals surface area contributed by atoms with Crippen LogP contribution in [0.2, 0.25) is 5.02 Å². The lowest BCUT2D eigenvalue weighted by atomic mass is 10.1. The molecule has 2 aromatic rings. The molecule has 1 aromatic carbocycles. The Bertz CT molecular complexity index is 747. The maximum atomic E-state index is 12.4. The van der Waals surface area contributed by atoms with Gasteiger partial charge in [-0.25, -0.2) is 0 Å². The minimum Gasteiger partial charge on any atom is -0.469 e. The van der Waals surface area contributed by atoms with Crippen molar-refractivity contribution in [3.63, 3.8) is 0 Å². The van der Waals surface area contributed by atoms with Gasteiger partial charge >= 0.3 is 0 Å². The third-order valence-corrected chi connectivity index (χ3v) is 3.83. The van der Waals surface area contributed by atoms with Crippen molar-refractivity contribution in [1.29, 1.82) is 0 Å². The minimum atomic E-state index is -0.354. The topological polar surface area (TPSA) is 83.4 Å². The first-order valence-corrected chi connectivity index (χ1v) is 8.54. The van der Waals surface area contributed by atoms with E-state index in [4.69, 9.17) is 16.0 Å². The van der Waals surface area contributed by atoms with Crippen molar-refractivity contribution in [1.82, 2.24) is 10.6 Å². The van der Waals surface area contributed by atoms with Gasteiger partial charge in [0, 0.05) is 18.1 Å². The molecule has 6 nitrogen and oxygen atoms in total. The average molecular weight is 400 g/mol. The Hall–Kier alpha value is -2.02. The van der Waals surface area contributed by atoms with Crippen LogP contribution in [0.5, 0.6) is 0 Å². The van der Waals surface area contributed by atoms with Gasteiger partial charge < -0.3 is 20.4 Å². The Balaban J connectivity index is 0.00000338. The fourth-order valence-corrected chi connectivity index (χ4v) is 2.46. The van der Waals surface area contributed by atoms with Gasteiger partial charge in [0.25, 0.3) is 11.8 Å². The molecule has 0 aliphatic rings. The van der Waals surface area contributed by atoms with Crippen LogP contribution >= 0.6 is 24.0 Å². The summed E-state index contributed by atoms with van der Waals surface area (Å²) in [6.45, 7) is 5.86. The number of carbonyl (C=O) groups is 2. The van der Waals surface area contributed by atoms with Crippen LogP contribution in [-0.4, -0.2) is 31.4 Å². The van der Waals surface area contributed by atoms with Crippen LogP contribution in [0.15, 0.2) is 34.9 Å². The molecule has 0 saturated heterocycles. The van der Waals surface area contributed by atoms with Gasteiger partial charge in [-0.15, -0.1) is 12.4 Å². The molecule has 0 aliphatic heterocycles. The summed E-state index contributed by atoms with van der Waals surface area (Å²) >= 11 is 6.01. The van der Waals surface area contributed by atoms with Crippen LogP contribution in [-0.2, 0) is 0 Å². The van der Waals surface area contributed by atoms with Crippen LogP contribution in [0.4, 0.5) is 5.69 Å². The monoisotopic (exact) mass is 399 g/mol. The van der Waals surface area contributed by atoms with Crippen molar-refractivity contribution < 1.29 is 14.0 Å². The highest BCUT2D eigenvalue weighted by atomic mass is 35.5. The maximum absolute atomic E-state index is 12.4. The number of anilines is 1. The number of amides is 2. The summed E-state index contributed by atoms with van der Waals surface area (Å²) in [5.41, 5.74) is 1.13. The van der Waals surface area contributed by atoms with Crippen LogP contribution in [0.25, 0.3) is 0 Å². The zero-order valence-electron chi connectivity index (χ0n) is 14.7. The number of halogens is 2. The number of furan rings is 1. The van der Waals surface area contributed by atoms with Crippen molar-refractivity contribution >= 4 is 41.5 Å². The molecule has 2 rings (SSSR count). The molecule has 3 N–H and O–H groups in total. The predicted octanol–water partition coefficient (Wildman–Crippen LogP) is 3.64. The molecule has 0 saturated carbocycles. The van der Waals surface area contributed by atoms with E-state index in [-0.39, 0.29) is 24.2 Å². The normalized spacial score (nSPS) is 10.1. The molecule has 26 heavy (non-hydrogen) atoms. The van der Waals surface area contributed by atoms with Crippen molar-refractivity contribution in [2.45, 2.75) is 20.3 Å². The van der Waals surface area contributed by atoms with E-state index in [9.17, 15) is 9.59 Å². The van der Waals surface area contributed by atoms with E-state index >= 15 is 0 Å². The highest BCUT2D eigenvalue weighted by molar-refractivity contribution is 6.31. The van der Waals surface area contributed by atoms with Crippen LogP contribution in [0.1, 0.15) is 39.8 Å². The van der Waals surface area contributed by atoms with Crippen molar-refractivity contribution in [2.75, 3.05) is 25.0 Å². The van der Waals surface area contributed by atoms with Crippen molar-refractivity contribution in [3.05, 3.63) is 52.4 Å².